The summed E-state index contributed by atoms with van der Waals surface area (Å²) in [7, 11) is 1.86. The number of carbonyl (C=O) groups excluding carboxylic acids is 1. The van der Waals surface area contributed by atoms with Crippen LogP contribution in [0.3, 0.4) is 0 Å². The zero-order valence-corrected chi connectivity index (χ0v) is 16.2. The van der Waals surface area contributed by atoms with Crippen molar-refractivity contribution in [3.8, 4) is 5.69 Å². The zero-order valence-electron chi connectivity index (χ0n) is 16.2. The predicted molar refractivity (Wildman–Crippen MR) is 112 cm³/mol. The Labute approximate surface area is 172 Å². The summed E-state index contributed by atoms with van der Waals surface area (Å²) in [5, 5.41) is 7.51. The monoisotopic (exact) mass is 401 g/mol. The van der Waals surface area contributed by atoms with E-state index in [2.05, 4.69) is 25.4 Å². The van der Waals surface area contributed by atoms with E-state index in [1.54, 1.807) is 29.6 Å². The fourth-order valence-electron chi connectivity index (χ4n) is 3.52. The summed E-state index contributed by atoms with van der Waals surface area (Å²) in [6.07, 6.45) is 10.7. The van der Waals surface area contributed by atoms with E-state index in [-0.39, 0.29) is 11.7 Å². The van der Waals surface area contributed by atoms with E-state index in [0.29, 0.717) is 18.2 Å². The van der Waals surface area contributed by atoms with Gasteiger partial charge in [0.2, 0.25) is 0 Å². The first kappa shape index (κ1) is 17.9. The van der Waals surface area contributed by atoms with Crippen LogP contribution in [0, 0.1) is 0 Å². The molecule has 0 aliphatic carbocycles. The number of amidine groups is 2. The zero-order chi connectivity index (χ0) is 20.7. The average molecular weight is 401 g/mol. The number of amides is 1. The molecule has 1 amide bonds. The van der Waals surface area contributed by atoms with Crippen LogP contribution in [0.1, 0.15) is 11.6 Å². The van der Waals surface area contributed by atoms with Gasteiger partial charge in [-0.05, 0) is 24.3 Å². The molecule has 2 aliphatic heterocycles. The van der Waals surface area contributed by atoms with Crippen molar-refractivity contribution in [3.63, 3.8) is 0 Å². The van der Waals surface area contributed by atoms with Gasteiger partial charge >= 0.3 is 0 Å². The lowest BCUT2D eigenvalue weighted by Crippen LogP contribution is -2.39. The van der Waals surface area contributed by atoms with Gasteiger partial charge in [-0.3, -0.25) is 14.5 Å². The van der Waals surface area contributed by atoms with E-state index in [9.17, 15) is 4.79 Å². The van der Waals surface area contributed by atoms with Crippen molar-refractivity contribution in [2.45, 2.75) is 6.04 Å². The number of benzene rings is 1. The number of aromatic nitrogens is 4. The summed E-state index contributed by atoms with van der Waals surface area (Å²) in [6.45, 7) is 0.532. The molecular weight excluding hydrogens is 382 g/mol. The van der Waals surface area contributed by atoms with Crippen LogP contribution in [0.4, 0.5) is 5.69 Å². The number of aryl methyl sites for hydroxylation is 1. The van der Waals surface area contributed by atoms with Crippen LogP contribution in [0.5, 0.6) is 0 Å². The summed E-state index contributed by atoms with van der Waals surface area (Å²) in [5.41, 5.74) is 8.50. The van der Waals surface area contributed by atoms with Crippen molar-refractivity contribution >= 4 is 23.3 Å². The fourth-order valence-corrected chi connectivity index (χ4v) is 3.52. The molecule has 4 heterocycles. The molecule has 2 aliphatic rings. The molecule has 1 unspecified atom stereocenters. The van der Waals surface area contributed by atoms with E-state index in [1.165, 1.54) is 0 Å². The Morgan fingerprint density at radius 1 is 1.27 bits per heavy atom. The fraction of sp³-hybridized carbons (Fsp3) is 0.150. The Morgan fingerprint density at radius 3 is 2.77 bits per heavy atom. The van der Waals surface area contributed by atoms with Crippen molar-refractivity contribution in [1.29, 1.82) is 0 Å². The van der Waals surface area contributed by atoms with Gasteiger partial charge in [0, 0.05) is 48.8 Å². The SMILES string of the molecule is Cn1cc(C2CN=C3C(Nc4ccc(-n5ccnc5)cc4)=NC(C(N)=O)=CN32)cn1. The highest BCUT2D eigenvalue weighted by atomic mass is 16.1. The molecule has 0 saturated heterocycles. The third-order valence-corrected chi connectivity index (χ3v) is 4.99. The van der Waals surface area contributed by atoms with E-state index in [1.807, 2.05) is 53.2 Å². The third kappa shape index (κ3) is 3.13. The second-order valence-electron chi connectivity index (χ2n) is 7.02. The number of hydrogen-bond acceptors (Lipinski definition) is 7. The first-order valence-electron chi connectivity index (χ1n) is 9.36. The molecule has 30 heavy (non-hydrogen) atoms. The van der Waals surface area contributed by atoms with Gasteiger partial charge in [0.15, 0.2) is 11.7 Å². The van der Waals surface area contributed by atoms with Crippen LogP contribution in [0.15, 0.2) is 77.3 Å². The minimum atomic E-state index is -0.597. The number of nitrogens with one attached hydrogen (secondary N) is 1. The number of rotatable bonds is 4. The summed E-state index contributed by atoms with van der Waals surface area (Å²) in [6, 6.07) is 7.71. The highest BCUT2D eigenvalue weighted by molar-refractivity contribution is 6.46. The largest absolute Gasteiger partial charge is 0.364 e. The van der Waals surface area contributed by atoms with Gasteiger partial charge in [-0.25, -0.2) is 9.98 Å². The molecular formula is C20H19N9O. The normalized spacial score (nSPS) is 17.8. The molecule has 10 heteroatoms. The molecule has 150 valence electrons. The molecule has 0 fully saturated rings. The smallest absolute Gasteiger partial charge is 0.268 e. The maximum Gasteiger partial charge on any atom is 0.268 e. The molecule has 3 N–H and O–H groups in total. The molecule has 2 aromatic heterocycles. The summed E-state index contributed by atoms with van der Waals surface area (Å²) >= 11 is 0. The molecule has 3 aromatic rings. The van der Waals surface area contributed by atoms with E-state index in [4.69, 9.17) is 5.73 Å². The molecule has 1 atom stereocenters. The van der Waals surface area contributed by atoms with Crippen molar-refractivity contribution in [2.24, 2.45) is 22.8 Å². The first-order chi connectivity index (χ1) is 14.6. The third-order valence-electron chi connectivity index (χ3n) is 4.99. The Balaban J connectivity index is 1.43. The van der Waals surface area contributed by atoms with Crippen LogP contribution >= 0.6 is 0 Å². The number of carbonyl (C=O) groups is 1. The second-order valence-corrected chi connectivity index (χ2v) is 7.02. The van der Waals surface area contributed by atoms with Crippen LogP contribution < -0.4 is 11.1 Å². The van der Waals surface area contributed by atoms with Gasteiger partial charge in [0.1, 0.15) is 5.70 Å². The van der Waals surface area contributed by atoms with Gasteiger partial charge in [-0.2, -0.15) is 5.10 Å². The quantitative estimate of drug-likeness (QED) is 0.681. The predicted octanol–water partition coefficient (Wildman–Crippen LogP) is 1.21. The highest BCUT2D eigenvalue weighted by Crippen LogP contribution is 2.30. The van der Waals surface area contributed by atoms with Crippen LogP contribution in [-0.2, 0) is 11.8 Å². The number of anilines is 1. The molecule has 0 bridgehead atoms. The Kier molecular flexibility index (Phi) is 4.16. The first-order valence-corrected chi connectivity index (χ1v) is 9.36. The highest BCUT2D eigenvalue weighted by Gasteiger charge is 2.35. The standard InChI is InChI=1S/C20H19N9O/c1-27-10-13(8-24-27)17-9-23-20-19(26-16(18(21)30)11-29(17)20)25-14-2-4-15(5-3-14)28-7-6-22-12-28/h2-8,10-12,17H,9H2,1H3,(H2,21,30)(H,25,26). The number of hydrogen-bond donors (Lipinski definition) is 2. The number of nitrogens with zero attached hydrogens (tertiary/aromatic N) is 7. The average Bonchev–Trinajstić information content (AvgIpc) is 3.49. The number of fused-ring (bicyclic) bond motifs is 1. The number of aliphatic imine (C=N–C) groups is 2. The summed E-state index contributed by atoms with van der Waals surface area (Å²) < 4.78 is 3.65. The molecule has 0 spiro atoms. The van der Waals surface area contributed by atoms with Gasteiger partial charge in [-0.15, -0.1) is 0 Å². The second kappa shape index (κ2) is 6.99. The van der Waals surface area contributed by atoms with Crippen molar-refractivity contribution in [3.05, 3.63) is 72.8 Å². The molecule has 1 aromatic carbocycles. The van der Waals surface area contributed by atoms with E-state index < -0.39 is 5.91 Å². The van der Waals surface area contributed by atoms with Crippen LogP contribution in [0.25, 0.3) is 5.69 Å². The van der Waals surface area contributed by atoms with Gasteiger partial charge in [-0.1, -0.05) is 0 Å². The minimum Gasteiger partial charge on any atom is -0.364 e. The van der Waals surface area contributed by atoms with Crippen molar-refractivity contribution in [1.82, 2.24) is 24.2 Å². The minimum absolute atomic E-state index is 0.0704. The maximum atomic E-state index is 11.9. The number of imidazole rings is 1. The summed E-state index contributed by atoms with van der Waals surface area (Å²) in [5.74, 6) is 0.543. The van der Waals surface area contributed by atoms with Crippen LogP contribution in [0.2, 0.25) is 0 Å². The van der Waals surface area contributed by atoms with Crippen molar-refractivity contribution < 1.29 is 4.79 Å². The number of primary amides is 1. The van der Waals surface area contributed by atoms with Crippen molar-refractivity contribution in [2.75, 3.05) is 11.9 Å². The Bertz CT molecular complexity index is 1190. The Morgan fingerprint density at radius 2 is 2.10 bits per heavy atom. The molecule has 0 saturated carbocycles. The molecule has 10 nitrogen and oxygen atoms in total. The van der Waals surface area contributed by atoms with E-state index >= 15 is 0 Å². The lowest BCUT2D eigenvalue weighted by atomic mass is 10.1. The maximum absolute atomic E-state index is 11.9. The molecule has 0 radical (unpaired) electrons. The lowest BCUT2D eigenvalue weighted by molar-refractivity contribution is -0.114. The van der Waals surface area contributed by atoms with Gasteiger partial charge in [0.05, 0.1) is 25.1 Å². The van der Waals surface area contributed by atoms with Crippen LogP contribution in [-0.4, -0.2) is 48.4 Å². The number of nitrogens with two attached hydrogens (primary N) is 1. The topological polar surface area (TPSA) is 119 Å². The summed E-state index contributed by atoms with van der Waals surface area (Å²) in [4.78, 5) is 26.9. The molecule has 5 rings (SSSR count). The van der Waals surface area contributed by atoms with E-state index in [0.717, 1.165) is 16.9 Å². The van der Waals surface area contributed by atoms with Gasteiger partial charge in [0.25, 0.3) is 5.91 Å². The Hall–Kier alpha value is -4.21. The lowest BCUT2D eigenvalue weighted by Gasteiger charge is -2.28. The van der Waals surface area contributed by atoms with Gasteiger partial charge < -0.3 is 20.5 Å².